The summed E-state index contributed by atoms with van der Waals surface area (Å²) >= 11 is 14.6. The Kier molecular flexibility index (Phi) is 7.71. The Balaban J connectivity index is 1.46. The molecule has 0 unspecified atom stereocenters. The second-order valence-electron chi connectivity index (χ2n) is 6.14. The number of aromatic nitrogens is 2. The molecule has 0 aliphatic carbocycles. The molecule has 152 valence electrons. The Morgan fingerprint density at radius 3 is 2.59 bits per heavy atom. The van der Waals surface area contributed by atoms with Gasteiger partial charge >= 0.3 is 0 Å². The lowest BCUT2D eigenvalue weighted by molar-refractivity contribution is -0.127. The lowest BCUT2D eigenvalue weighted by Gasteiger charge is -2.17. The number of benzene rings is 2. The Hall–Kier alpha value is -1.87. The fourth-order valence-electron chi connectivity index (χ4n) is 2.35. The fraction of sp³-hybridized carbons (Fsp3) is 0.211. The van der Waals surface area contributed by atoms with Crippen LogP contribution in [0.15, 0.2) is 46.8 Å². The minimum atomic E-state index is -0.267. The first-order chi connectivity index (χ1) is 13.9. The van der Waals surface area contributed by atoms with Crippen molar-refractivity contribution < 1.29 is 9.18 Å². The number of carbonyl (C=O) groups is 1. The largest absolute Gasteiger partial charge is 0.356 e. The molecule has 0 aliphatic heterocycles. The monoisotopic (exact) mass is 470 g/mol. The summed E-state index contributed by atoms with van der Waals surface area (Å²) in [6, 6.07) is 11.6. The van der Waals surface area contributed by atoms with Crippen LogP contribution in [0.25, 0.3) is 0 Å². The first-order valence-corrected chi connectivity index (χ1v) is 11.1. The normalized spacial score (nSPS) is 10.8. The molecule has 5 nitrogen and oxygen atoms in total. The molecule has 3 aromatic rings. The topological polar surface area (TPSA) is 58.1 Å². The highest BCUT2D eigenvalue weighted by molar-refractivity contribution is 8.01. The van der Waals surface area contributed by atoms with E-state index in [1.165, 1.54) is 35.2 Å². The van der Waals surface area contributed by atoms with Crippen LogP contribution in [0.5, 0.6) is 0 Å². The Morgan fingerprint density at radius 1 is 1.14 bits per heavy atom. The highest BCUT2D eigenvalue weighted by Crippen LogP contribution is 2.26. The van der Waals surface area contributed by atoms with Crippen LogP contribution in [-0.2, 0) is 17.9 Å². The van der Waals surface area contributed by atoms with Crippen LogP contribution in [0, 0.1) is 5.82 Å². The number of nitrogens with one attached hydrogen (secondary N) is 1. The van der Waals surface area contributed by atoms with Crippen LogP contribution >= 0.6 is 46.3 Å². The molecule has 0 saturated carbocycles. The summed E-state index contributed by atoms with van der Waals surface area (Å²) < 4.78 is 13.6. The van der Waals surface area contributed by atoms with E-state index in [0.717, 1.165) is 11.1 Å². The van der Waals surface area contributed by atoms with E-state index in [2.05, 4.69) is 15.5 Å². The zero-order valence-electron chi connectivity index (χ0n) is 15.4. The summed E-state index contributed by atoms with van der Waals surface area (Å²) in [4.78, 5) is 14.0. The molecule has 0 radical (unpaired) electrons. The zero-order chi connectivity index (χ0) is 20.8. The average Bonchev–Trinajstić information content (AvgIpc) is 3.16. The second-order valence-corrected chi connectivity index (χ2v) is 9.15. The minimum absolute atomic E-state index is 0.0305. The number of carbonyl (C=O) groups excluding carboxylic acids is 1. The molecule has 0 bridgehead atoms. The predicted molar refractivity (Wildman–Crippen MR) is 117 cm³/mol. The molecule has 3 rings (SSSR count). The number of halogens is 3. The number of thioether (sulfide) groups is 1. The highest BCUT2D eigenvalue weighted by Gasteiger charge is 2.13. The van der Waals surface area contributed by atoms with Crippen molar-refractivity contribution in [2.24, 2.45) is 0 Å². The quantitative estimate of drug-likeness (QED) is 0.449. The maximum absolute atomic E-state index is 12.9. The lowest BCUT2D eigenvalue weighted by atomic mass is 10.2. The standard InChI is InChI=1S/C19H17Cl2FN4OS2/c1-26(10-13-4-7-15(20)16(21)8-13)17(27)11-28-19-25-24-18(29-19)23-9-12-2-5-14(22)6-3-12/h2-8H,9-11H2,1H3,(H,23,24). The van der Waals surface area contributed by atoms with Crippen molar-refractivity contribution in [2.45, 2.75) is 17.4 Å². The van der Waals surface area contributed by atoms with Gasteiger partial charge in [-0.2, -0.15) is 0 Å². The van der Waals surface area contributed by atoms with Crippen molar-refractivity contribution in [2.75, 3.05) is 18.1 Å². The van der Waals surface area contributed by atoms with Crippen LogP contribution in [0.1, 0.15) is 11.1 Å². The molecule has 0 fully saturated rings. The molecule has 0 atom stereocenters. The maximum atomic E-state index is 12.9. The molecule has 10 heteroatoms. The van der Waals surface area contributed by atoms with Crippen LogP contribution in [0.4, 0.5) is 9.52 Å². The summed E-state index contributed by atoms with van der Waals surface area (Å²) in [6.07, 6.45) is 0. The number of nitrogens with zero attached hydrogens (tertiary/aromatic N) is 3. The van der Waals surface area contributed by atoms with E-state index in [1.807, 2.05) is 6.07 Å². The first-order valence-electron chi connectivity index (χ1n) is 8.53. The van der Waals surface area contributed by atoms with Crippen molar-refractivity contribution >= 4 is 57.3 Å². The van der Waals surface area contributed by atoms with E-state index in [4.69, 9.17) is 23.2 Å². The maximum Gasteiger partial charge on any atom is 0.233 e. The van der Waals surface area contributed by atoms with Crippen LogP contribution in [0.2, 0.25) is 10.0 Å². The molecule has 2 aromatic carbocycles. The van der Waals surface area contributed by atoms with E-state index in [-0.39, 0.29) is 17.5 Å². The second kappa shape index (κ2) is 10.2. The van der Waals surface area contributed by atoms with E-state index in [9.17, 15) is 9.18 Å². The highest BCUT2D eigenvalue weighted by atomic mass is 35.5. The summed E-state index contributed by atoms with van der Waals surface area (Å²) in [6.45, 7) is 0.960. The molecular formula is C19H17Cl2FN4OS2. The van der Waals surface area contributed by atoms with E-state index in [0.29, 0.717) is 32.6 Å². The van der Waals surface area contributed by atoms with E-state index in [1.54, 1.807) is 36.2 Å². The van der Waals surface area contributed by atoms with Gasteiger partial charge in [-0.15, -0.1) is 10.2 Å². The number of hydrogen-bond donors (Lipinski definition) is 1. The van der Waals surface area contributed by atoms with Gasteiger partial charge in [0.2, 0.25) is 11.0 Å². The molecule has 1 amide bonds. The molecule has 0 spiro atoms. The third-order valence-corrected chi connectivity index (χ3v) is 6.65. The van der Waals surface area contributed by atoms with Gasteiger partial charge in [0.05, 0.1) is 15.8 Å². The summed E-state index contributed by atoms with van der Waals surface area (Å²) in [5, 5.41) is 12.9. The third-order valence-electron chi connectivity index (χ3n) is 3.91. The predicted octanol–water partition coefficient (Wildman–Crippen LogP) is 5.35. The van der Waals surface area contributed by atoms with Crippen LogP contribution < -0.4 is 5.32 Å². The van der Waals surface area contributed by atoms with Crippen molar-refractivity contribution in [1.29, 1.82) is 0 Å². The Labute approximate surface area is 186 Å². The molecular weight excluding hydrogens is 454 g/mol. The number of rotatable bonds is 8. The number of hydrogen-bond acceptors (Lipinski definition) is 6. The van der Waals surface area contributed by atoms with Gasteiger partial charge in [-0.25, -0.2) is 4.39 Å². The van der Waals surface area contributed by atoms with Gasteiger partial charge in [0, 0.05) is 20.1 Å². The molecule has 29 heavy (non-hydrogen) atoms. The van der Waals surface area contributed by atoms with Gasteiger partial charge in [-0.05, 0) is 35.4 Å². The molecule has 0 saturated heterocycles. The summed E-state index contributed by atoms with van der Waals surface area (Å²) in [5.41, 5.74) is 1.85. The van der Waals surface area contributed by atoms with Crippen molar-refractivity contribution in [3.63, 3.8) is 0 Å². The van der Waals surface area contributed by atoms with E-state index < -0.39 is 0 Å². The average molecular weight is 471 g/mol. The van der Waals surface area contributed by atoms with Gasteiger partial charge in [0.15, 0.2) is 4.34 Å². The summed E-state index contributed by atoms with van der Waals surface area (Å²) in [7, 11) is 1.74. The van der Waals surface area contributed by atoms with Gasteiger partial charge in [0.25, 0.3) is 0 Å². The Morgan fingerprint density at radius 2 is 1.86 bits per heavy atom. The molecule has 1 aromatic heterocycles. The number of anilines is 1. The molecule has 0 aliphatic rings. The van der Waals surface area contributed by atoms with Crippen LogP contribution in [0.3, 0.4) is 0 Å². The Bertz CT molecular complexity index is 985. The SMILES string of the molecule is CN(Cc1ccc(Cl)c(Cl)c1)C(=O)CSc1nnc(NCc2ccc(F)cc2)s1. The van der Waals surface area contributed by atoms with Gasteiger partial charge in [-0.3, -0.25) is 4.79 Å². The molecule has 1 N–H and O–H groups in total. The third kappa shape index (κ3) is 6.57. The minimum Gasteiger partial charge on any atom is -0.356 e. The smallest absolute Gasteiger partial charge is 0.233 e. The van der Waals surface area contributed by atoms with Crippen molar-refractivity contribution in [3.8, 4) is 0 Å². The summed E-state index contributed by atoms with van der Waals surface area (Å²) in [5.74, 6) is -0.0426. The first kappa shape index (κ1) is 21.8. The van der Waals surface area contributed by atoms with E-state index >= 15 is 0 Å². The fourth-order valence-corrected chi connectivity index (χ4v) is 4.36. The lowest BCUT2D eigenvalue weighted by Crippen LogP contribution is -2.27. The number of amides is 1. The molecule has 1 heterocycles. The van der Waals surface area contributed by atoms with Crippen molar-refractivity contribution in [3.05, 3.63) is 69.5 Å². The van der Waals surface area contributed by atoms with Gasteiger partial charge in [0.1, 0.15) is 5.82 Å². The zero-order valence-corrected chi connectivity index (χ0v) is 18.5. The van der Waals surface area contributed by atoms with Gasteiger partial charge in [-0.1, -0.05) is 64.5 Å². The van der Waals surface area contributed by atoms with Gasteiger partial charge < -0.3 is 10.2 Å². The van der Waals surface area contributed by atoms with Crippen molar-refractivity contribution in [1.82, 2.24) is 15.1 Å². The van der Waals surface area contributed by atoms with Crippen LogP contribution in [-0.4, -0.2) is 33.8 Å².